The van der Waals surface area contributed by atoms with Crippen molar-refractivity contribution in [3.63, 3.8) is 0 Å². The number of hydrogen-bond acceptors (Lipinski definition) is 3. The van der Waals surface area contributed by atoms with Crippen LogP contribution in [0.3, 0.4) is 0 Å². The third-order valence-electron chi connectivity index (χ3n) is 16.6. The fourth-order valence-corrected chi connectivity index (χ4v) is 14.8. The normalized spacial score (nSPS) is 12.0. The molecule has 5 heterocycles. The highest BCUT2D eigenvalue weighted by Crippen LogP contribution is 2.54. The molecule has 0 spiro atoms. The van der Waals surface area contributed by atoms with Crippen LogP contribution >= 0.6 is 11.3 Å². The van der Waals surface area contributed by atoms with Gasteiger partial charge in [0.05, 0.1) is 61.2 Å². The number of rotatable bonds is 5. The Labute approximate surface area is 455 Å². The molecule has 0 radical (unpaired) electrons. The number of benzene rings is 12. The lowest BCUT2D eigenvalue weighted by atomic mass is 9.90. The highest BCUT2D eigenvalue weighted by molar-refractivity contribution is 7.27. The fourth-order valence-electron chi connectivity index (χ4n) is 13.5. The average molecular weight is 1020 g/mol. The van der Waals surface area contributed by atoms with Gasteiger partial charge >= 0.3 is 0 Å². The van der Waals surface area contributed by atoms with Crippen LogP contribution in [0.15, 0.2) is 243 Å². The average Bonchev–Trinajstić information content (AvgIpc) is 3.29. The van der Waals surface area contributed by atoms with E-state index in [2.05, 4.69) is 273 Å². The monoisotopic (exact) mass is 1020 g/mol. The Kier molecular flexibility index (Phi) is 9.04. The van der Waals surface area contributed by atoms with Gasteiger partial charge in [-0.05, 0) is 77.0 Å². The maximum atomic E-state index is 12.7. The summed E-state index contributed by atoms with van der Waals surface area (Å²) in [4.78, 5) is 0. The lowest BCUT2D eigenvalue weighted by Crippen LogP contribution is -2.14. The van der Waals surface area contributed by atoms with Gasteiger partial charge in [0.15, 0.2) is 0 Å². The van der Waals surface area contributed by atoms with E-state index < -0.39 is 0 Å². The van der Waals surface area contributed by atoms with E-state index in [4.69, 9.17) is 0 Å². The first kappa shape index (κ1) is 43.5. The van der Waals surface area contributed by atoms with E-state index in [1.54, 1.807) is 11.3 Å². The number of nitriles is 2. The molecule has 0 aliphatic heterocycles. The summed E-state index contributed by atoms with van der Waals surface area (Å²) in [6.45, 7) is 0. The van der Waals surface area contributed by atoms with E-state index in [0.717, 1.165) is 120 Å². The van der Waals surface area contributed by atoms with Crippen molar-refractivity contribution in [2.45, 2.75) is 0 Å². The SMILES string of the molecule is N#Cc1c(-n2c3ccccc3c3ccccc32)c(-c2ccc3ccccc3c2)c(-n2c3ccccc3c3ccccc32)c(C#N)c1-n1c2ccccc2c2c3sc4ccccc4c3c3c(c4ccccc4n3-c3ccccc3)c21. The van der Waals surface area contributed by atoms with Crippen molar-refractivity contribution in [2.24, 2.45) is 0 Å². The van der Waals surface area contributed by atoms with Crippen LogP contribution in [-0.4, -0.2) is 18.3 Å². The summed E-state index contributed by atoms with van der Waals surface area (Å²) in [7, 11) is 0. The quantitative estimate of drug-likeness (QED) is 0.172. The summed E-state index contributed by atoms with van der Waals surface area (Å²) >= 11 is 1.81. The summed E-state index contributed by atoms with van der Waals surface area (Å²) in [6.07, 6.45) is 0. The molecule has 0 fully saturated rings. The summed E-state index contributed by atoms with van der Waals surface area (Å²) in [5.74, 6) is 0. The highest BCUT2D eigenvalue weighted by Gasteiger charge is 2.35. The molecule has 0 saturated carbocycles. The van der Waals surface area contributed by atoms with Crippen molar-refractivity contribution in [3.8, 4) is 46.0 Å². The minimum Gasteiger partial charge on any atom is -0.308 e. The van der Waals surface area contributed by atoms with Crippen molar-refractivity contribution in [1.29, 1.82) is 10.5 Å². The Hall–Kier alpha value is -10.7. The molecule has 0 saturated heterocycles. The molecule has 0 aliphatic carbocycles. The van der Waals surface area contributed by atoms with E-state index in [0.29, 0.717) is 28.2 Å². The van der Waals surface area contributed by atoms with Crippen LogP contribution in [0.2, 0.25) is 0 Å². The second-order valence-corrected chi connectivity index (χ2v) is 21.5. The Morgan fingerprint density at radius 3 is 1.27 bits per heavy atom. The Morgan fingerprint density at radius 2 is 0.722 bits per heavy atom. The van der Waals surface area contributed by atoms with Crippen LogP contribution in [-0.2, 0) is 0 Å². The number of aromatic nitrogens is 4. The van der Waals surface area contributed by atoms with Crippen LogP contribution in [0.25, 0.3) is 152 Å². The van der Waals surface area contributed by atoms with E-state index in [-0.39, 0.29) is 0 Å². The molecule has 7 heteroatoms. The van der Waals surface area contributed by atoms with Gasteiger partial charge in [0.2, 0.25) is 0 Å². The number of para-hydroxylation sites is 7. The predicted molar refractivity (Wildman–Crippen MR) is 329 cm³/mol. The fraction of sp³-hybridized carbons (Fsp3) is 0. The second kappa shape index (κ2) is 16.4. The first-order valence-corrected chi connectivity index (χ1v) is 27.4. The van der Waals surface area contributed by atoms with Gasteiger partial charge in [-0.1, -0.05) is 182 Å². The van der Waals surface area contributed by atoms with Gasteiger partial charge in [0, 0.05) is 74.5 Å². The zero-order valence-corrected chi connectivity index (χ0v) is 43.0. The summed E-state index contributed by atoms with van der Waals surface area (Å²) < 4.78 is 11.7. The van der Waals surface area contributed by atoms with Crippen molar-refractivity contribution < 1.29 is 0 Å². The summed E-state index contributed by atoms with van der Waals surface area (Å²) in [5.41, 5.74) is 13.2. The van der Waals surface area contributed by atoms with E-state index in [1.807, 2.05) is 0 Å². The molecule has 0 atom stereocenters. The molecule has 5 aromatic heterocycles. The second-order valence-electron chi connectivity index (χ2n) is 20.5. The van der Waals surface area contributed by atoms with Gasteiger partial charge in [-0.25, -0.2) is 0 Å². The van der Waals surface area contributed by atoms with Gasteiger partial charge in [-0.2, -0.15) is 10.5 Å². The van der Waals surface area contributed by atoms with Crippen molar-refractivity contribution in [1.82, 2.24) is 18.3 Å². The molecule has 0 unspecified atom stereocenters. The van der Waals surface area contributed by atoms with Gasteiger partial charge < -0.3 is 18.3 Å². The number of hydrogen-bond donors (Lipinski definition) is 0. The third-order valence-corrected chi connectivity index (χ3v) is 17.8. The Bertz CT molecular complexity index is 5330. The van der Waals surface area contributed by atoms with Crippen LogP contribution in [0.5, 0.6) is 0 Å². The standard InChI is InChI=1S/C72H40N6S/c73-41-54-67(78-61-36-18-11-29-52(61)65-71(78)64-51-28-10-17-35-60(51)75(46-22-2-1-3-23-46)70(64)66-53-30-12-19-37-62(53)79-72(65)66)55(42-74)69(77-58-33-15-8-26-49(58)50-27-9-16-34-59(50)77)63(45-39-38-43-20-4-5-21-44(43)40-45)68(54)76-56-31-13-6-24-47(56)48-25-7-14-32-57(48)76/h1-40H. The minimum atomic E-state index is 0.384. The number of nitrogens with zero attached hydrogens (tertiary/aromatic N) is 6. The summed E-state index contributed by atoms with van der Waals surface area (Å²) in [5, 5.41) is 38.4. The molecule has 364 valence electrons. The largest absolute Gasteiger partial charge is 0.308 e. The Morgan fingerprint density at radius 1 is 0.316 bits per heavy atom. The van der Waals surface area contributed by atoms with Crippen LogP contribution in [0.4, 0.5) is 0 Å². The van der Waals surface area contributed by atoms with Gasteiger partial charge in [-0.15, -0.1) is 11.3 Å². The lowest BCUT2D eigenvalue weighted by Gasteiger charge is -2.26. The molecule has 6 nitrogen and oxygen atoms in total. The molecular weight excluding hydrogens is 981 g/mol. The molecule has 0 amide bonds. The molecule has 0 aliphatic rings. The van der Waals surface area contributed by atoms with E-state index in [1.165, 1.54) is 15.5 Å². The smallest absolute Gasteiger partial charge is 0.104 e. The topological polar surface area (TPSA) is 67.3 Å². The zero-order chi connectivity index (χ0) is 52.0. The molecule has 17 aromatic rings. The van der Waals surface area contributed by atoms with Crippen molar-refractivity contribution in [2.75, 3.05) is 0 Å². The molecular formula is C72H40N6S. The van der Waals surface area contributed by atoms with E-state index in [9.17, 15) is 10.5 Å². The van der Waals surface area contributed by atoms with E-state index >= 15 is 0 Å². The zero-order valence-electron chi connectivity index (χ0n) is 42.2. The van der Waals surface area contributed by atoms with Crippen LogP contribution in [0.1, 0.15) is 11.1 Å². The summed E-state index contributed by atoms with van der Waals surface area (Å²) in [6, 6.07) is 91.7. The first-order valence-electron chi connectivity index (χ1n) is 26.6. The minimum absolute atomic E-state index is 0.384. The Balaban J connectivity index is 1.20. The van der Waals surface area contributed by atoms with Crippen LogP contribution in [0, 0.1) is 22.7 Å². The molecule has 17 rings (SSSR count). The van der Waals surface area contributed by atoms with Gasteiger partial charge in [0.25, 0.3) is 0 Å². The van der Waals surface area contributed by atoms with Crippen molar-refractivity contribution >= 4 is 130 Å². The molecule has 0 N–H and O–H groups in total. The molecule has 0 bridgehead atoms. The number of fused-ring (bicyclic) bond motifs is 19. The highest BCUT2D eigenvalue weighted by atomic mass is 32.1. The maximum absolute atomic E-state index is 12.7. The van der Waals surface area contributed by atoms with Crippen molar-refractivity contribution in [3.05, 3.63) is 254 Å². The number of thiophene rings is 1. The predicted octanol–water partition coefficient (Wildman–Crippen LogP) is 19.0. The molecule has 12 aromatic carbocycles. The van der Waals surface area contributed by atoms with Gasteiger partial charge in [-0.3, -0.25) is 0 Å². The third kappa shape index (κ3) is 5.81. The maximum Gasteiger partial charge on any atom is 0.104 e. The van der Waals surface area contributed by atoms with Gasteiger partial charge in [0.1, 0.15) is 23.3 Å². The van der Waals surface area contributed by atoms with Crippen LogP contribution < -0.4 is 0 Å². The lowest BCUT2D eigenvalue weighted by molar-refractivity contribution is 1.08. The molecule has 79 heavy (non-hydrogen) atoms. The first-order chi connectivity index (χ1) is 39.2.